The Hall–Kier alpha value is -2.99. The second-order valence-corrected chi connectivity index (χ2v) is 5.98. The fourth-order valence-corrected chi connectivity index (χ4v) is 2.79. The molecule has 0 fully saturated rings. The fourth-order valence-electron chi connectivity index (χ4n) is 2.79. The van der Waals surface area contributed by atoms with Gasteiger partial charge in [-0.1, -0.05) is 13.8 Å². The zero-order valence-electron chi connectivity index (χ0n) is 14.9. The Balaban J connectivity index is 1.91. The van der Waals surface area contributed by atoms with Crippen LogP contribution in [-0.4, -0.2) is 33.2 Å². The van der Waals surface area contributed by atoms with Crippen LogP contribution in [0.25, 0.3) is 10.9 Å². The third-order valence-electron chi connectivity index (χ3n) is 4.35. The van der Waals surface area contributed by atoms with E-state index in [9.17, 15) is 10.2 Å². The lowest BCUT2D eigenvalue weighted by molar-refractivity contribution is 0.291. The molecule has 1 heterocycles. The van der Waals surface area contributed by atoms with Gasteiger partial charge in [0.2, 0.25) is 0 Å². The van der Waals surface area contributed by atoms with Gasteiger partial charge < -0.3 is 10.2 Å². The molecule has 0 aliphatic carbocycles. The highest BCUT2D eigenvalue weighted by molar-refractivity contribution is 5.93. The number of azo groups is 1. The van der Waals surface area contributed by atoms with Crippen molar-refractivity contribution in [1.82, 2.24) is 9.88 Å². The minimum absolute atomic E-state index is 0.116. The van der Waals surface area contributed by atoms with Gasteiger partial charge in [-0.3, -0.25) is 9.88 Å². The van der Waals surface area contributed by atoms with E-state index in [4.69, 9.17) is 0 Å². The Kier molecular flexibility index (Phi) is 5.43. The van der Waals surface area contributed by atoms with Crippen molar-refractivity contribution in [2.75, 3.05) is 13.1 Å². The highest BCUT2D eigenvalue weighted by atomic mass is 16.3. The van der Waals surface area contributed by atoms with Gasteiger partial charge in [0.25, 0.3) is 0 Å². The summed E-state index contributed by atoms with van der Waals surface area (Å²) in [7, 11) is 0. The average molecular weight is 350 g/mol. The molecule has 0 saturated carbocycles. The van der Waals surface area contributed by atoms with Gasteiger partial charge in [-0.05, 0) is 55.6 Å². The summed E-state index contributed by atoms with van der Waals surface area (Å²) in [4.78, 5) is 6.40. The van der Waals surface area contributed by atoms with E-state index in [0.29, 0.717) is 23.4 Å². The van der Waals surface area contributed by atoms with Gasteiger partial charge in [0.1, 0.15) is 17.0 Å². The van der Waals surface area contributed by atoms with Crippen molar-refractivity contribution < 1.29 is 10.2 Å². The number of rotatable bonds is 6. The van der Waals surface area contributed by atoms with E-state index in [1.54, 1.807) is 36.5 Å². The van der Waals surface area contributed by atoms with E-state index < -0.39 is 0 Å². The number of aromatic hydroxyl groups is 2. The number of fused-ring (bicyclic) bond motifs is 1. The van der Waals surface area contributed by atoms with Crippen LogP contribution in [0.1, 0.15) is 19.4 Å². The molecule has 1 aromatic heterocycles. The molecule has 0 atom stereocenters. The highest BCUT2D eigenvalue weighted by Gasteiger charge is 2.08. The van der Waals surface area contributed by atoms with Gasteiger partial charge in [0.15, 0.2) is 0 Å². The molecule has 0 aliphatic rings. The minimum Gasteiger partial charge on any atom is -0.508 e. The molecule has 0 aliphatic heterocycles. The molecule has 6 nitrogen and oxygen atoms in total. The van der Waals surface area contributed by atoms with Crippen LogP contribution >= 0.6 is 0 Å². The third-order valence-corrected chi connectivity index (χ3v) is 4.35. The number of hydrogen-bond donors (Lipinski definition) is 2. The predicted octanol–water partition coefficient (Wildman–Crippen LogP) is 4.90. The standard InChI is InChI=1S/C20H22N4O2/c1-3-24(4-2)13-14-12-15(7-9-18(14)25)22-23-17-8-10-19(26)20-16(17)6-5-11-21-20/h5-12,25-26H,3-4,13H2,1-2H3. The molecule has 0 bridgehead atoms. The van der Waals surface area contributed by atoms with Gasteiger partial charge in [-0.2, -0.15) is 5.11 Å². The Morgan fingerprint density at radius 1 is 0.962 bits per heavy atom. The van der Waals surface area contributed by atoms with Crippen LogP contribution in [-0.2, 0) is 6.54 Å². The van der Waals surface area contributed by atoms with Crippen LogP contribution in [0.15, 0.2) is 58.9 Å². The molecule has 0 amide bonds. The lowest BCUT2D eigenvalue weighted by Gasteiger charge is -2.18. The summed E-state index contributed by atoms with van der Waals surface area (Å²) in [6.45, 7) is 6.67. The third kappa shape index (κ3) is 3.81. The maximum Gasteiger partial charge on any atom is 0.141 e. The summed E-state index contributed by atoms with van der Waals surface area (Å²) < 4.78 is 0. The summed E-state index contributed by atoms with van der Waals surface area (Å²) in [5, 5.41) is 29.4. The van der Waals surface area contributed by atoms with Crippen LogP contribution in [0.3, 0.4) is 0 Å². The number of hydrogen-bond acceptors (Lipinski definition) is 6. The van der Waals surface area contributed by atoms with Crippen molar-refractivity contribution in [2.24, 2.45) is 10.2 Å². The number of phenolic OH excluding ortho intramolecular Hbond substituents is 2. The molecule has 0 radical (unpaired) electrons. The van der Waals surface area contributed by atoms with E-state index >= 15 is 0 Å². The van der Waals surface area contributed by atoms with Gasteiger partial charge >= 0.3 is 0 Å². The summed E-state index contributed by atoms with van der Waals surface area (Å²) in [5.41, 5.74) is 2.61. The SMILES string of the molecule is CCN(CC)Cc1cc(N=Nc2ccc(O)c3ncccc23)ccc1O. The van der Waals surface area contributed by atoms with Crippen LogP contribution in [0.2, 0.25) is 0 Å². The molecule has 6 heteroatoms. The van der Waals surface area contributed by atoms with Gasteiger partial charge in [0, 0.05) is 23.7 Å². The molecule has 26 heavy (non-hydrogen) atoms. The molecule has 0 unspecified atom stereocenters. The molecule has 0 saturated heterocycles. The van der Waals surface area contributed by atoms with Crippen LogP contribution in [0.4, 0.5) is 11.4 Å². The molecule has 3 rings (SSSR count). The van der Waals surface area contributed by atoms with Crippen LogP contribution in [0.5, 0.6) is 11.5 Å². The van der Waals surface area contributed by atoms with E-state index in [-0.39, 0.29) is 11.5 Å². The van der Waals surface area contributed by atoms with Crippen molar-refractivity contribution in [3.8, 4) is 11.5 Å². The number of phenols is 2. The Morgan fingerprint density at radius 2 is 1.73 bits per heavy atom. The van der Waals surface area contributed by atoms with Gasteiger partial charge in [0.05, 0.1) is 11.4 Å². The summed E-state index contributed by atoms with van der Waals surface area (Å²) in [6.07, 6.45) is 1.63. The Labute approximate surface area is 152 Å². The van der Waals surface area contributed by atoms with Crippen molar-refractivity contribution in [3.63, 3.8) is 0 Å². The van der Waals surface area contributed by atoms with Crippen molar-refractivity contribution >= 4 is 22.3 Å². The van der Waals surface area contributed by atoms with E-state index in [2.05, 4.69) is 34.0 Å². The summed E-state index contributed by atoms with van der Waals surface area (Å²) in [5.74, 6) is 0.376. The predicted molar refractivity (Wildman–Crippen MR) is 102 cm³/mol. The molecule has 2 N–H and O–H groups in total. The zero-order valence-corrected chi connectivity index (χ0v) is 14.9. The first-order valence-corrected chi connectivity index (χ1v) is 8.65. The first-order chi connectivity index (χ1) is 12.6. The second-order valence-electron chi connectivity index (χ2n) is 5.98. The van der Waals surface area contributed by atoms with Crippen molar-refractivity contribution in [2.45, 2.75) is 20.4 Å². The molecule has 0 spiro atoms. The van der Waals surface area contributed by atoms with Crippen LogP contribution in [0, 0.1) is 0 Å². The topological polar surface area (TPSA) is 81.3 Å². The molecular weight excluding hydrogens is 328 g/mol. The normalized spacial score (nSPS) is 11.7. The molecular formula is C20H22N4O2. The van der Waals surface area contributed by atoms with Crippen LogP contribution < -0.4 is 0 Å². The van der Waals surface area contributed by atoms with Gasteiger partial charge in [-0.15, -0.1) is 5.11 Å². The molecule has 3 aromatic rings. The lowest BCUT2D eigenvalue weighted by Crippen LogP contribution is -2.22. The average Bonchev–Trinajstić information content (AvgIpc) is 2.67. The quantitative estimate of drug-likeness (QED) is 0.619. The number of nitrogens with zero attached hydrogens (tertiary/aromatic N) is 4. The zero-order chi connectivity index (χ0) is 18.5. The first-order valence-electron chi connectivity index (χ1n) is 8.65. The van der Waals surface area contributed by atoms with E-state index in [1.165, 1.54) is 0 Å². The second kappa shape index (κ2) is 7.93. The van der Waals surface area contributed by atoms with Crippen molar-refractivity contribution in [1.29, 1.82) is 0 Å². The number of benzene rings is 2. The Morgan fingerprint density at radius 3 is 2.50 bits per heavy atom. The van der Waals surface area contributed by atoms with Gasteiger partial charge in [-0.25, -0.2) is 0 Å². The highest BCUT2D eigenvalue weighted by Crippen LogP contribution is 2.32. The van der Waals surface area contributed by atoms with E-state index in [0.717, 1.165) is 24.0 Å². The maximum atomic E-state index is 10.1. The summed E-state index contributed by atoms with van der Waals surface area (Å²) in [6, 6.07) is 12.1. The Bertz CT molecular complexity index is 936. The fraction of sp³-hybridized carbons (Fsp3) is 0.250. The minimum atomic E-state index is 0.116. The molecule has 2 aromatic carbocycles. The maximum absolute atomic E-state index is 10.1. The largest absolute Gasteiger partial charge is 0.508 e. The van der Waals surface area contributed by atoms with Crippen molar-refractivity contribution in [3.05, 3.63) is 54.2 Å². The number of pyridine rings is 1. The molecule has 134 valence electrons. The van der Waals surface area contributed by atoms with E-state index in [1.807, 2.05) is 12.1 Å². The monoisotopic (exact) mass is 350 g/mol. The number of aromatic nitrogens is 1. The summed E-state index contributed by atoms with van der Waals surface area (Å²) >= 11 is 0. The smallest absolute Gasteiger partial charge is 0.141 e. The first kappa shape index (κ1) is 17.8. The lowest BCUT2D eigenvalue weighted by atomic mass is 10.1.